The molecular formula is C19H19NO4. The number of allylic oxidation sites excluding steroid dienone is 1. The highest BCUT2D eigenvalue weighted by molar-refractivity contribution is 6.04. The number of carbonyl (C=O) groups is 1. The van der Waals surface area contributed by atoms with Crippen LogP contribution in [0.5, 0.6) is 17.2 Å². The molecule has 0 saturated heterocycles. The van der Waals surface area contributed by atoms with E-state index in [1.54, 1.807) is 43.5 Å². The van der Waals surface area contributed by atoms with Gasteiger partial charge >= 0.3 is 0 Å². The summed E-state index contributed by atoms with van der Waals surface area (Å²) in [6.07, 6.45) is 2.41. The van der Waals surface area contributed by atoms with E-state index in [2.05, 4.69) is 11.9 Å². The van der Waals surface area contributed by atoms with Gasteiger partial charge in [0.25, 0.3) is 5.91 Å². The number of amides is 1. The molecule has 5 heteroatoms. The predicted molar refractivity (Wildman–Crippen MR) is 92.3 cm³/mol. The Kier molecular flexibility index (Phi) is 4.70. The highest BCUT2D eigenvalue weighted by Crippen LogP contribution is 2.32. The lowest BCUT2D eigenvalue weighted by Crippen LogP contribution is -2.16. The van der Waals surface area contributed by atoms with Crippen LogP contribution in [0.15, 0.2) is 49.1 Å². The van der Waals surface area contributed by atoms with Crippen LogP contribution in [0.25, 0.3) is 0 Å². The van der Waals surface area contributed by atoms with Crippen molar-refractivity contribution in [1.82, 2.24) is 0 Å². The monoisotopic (exact) mass is 325 g/mol. The first kappa shape index (κ1) is 15.9. The largest absolute Gasteiger partial charge is 0.496 e. The van der Waals surface area contributed by atoms with Crippen LogP contribution in [-0.4, -0.2) is 26.2 Å². The van der Waals surface area contributed by atoms with Gasteiger partial charge in [-0.05, 0) is 42.3 Å². The molecule has 0 spiro atoms. The summed E-state index contributed by atoms with van der Waals surface area (Å²) < 4.78 is 16.3. The Morgan fingerprint density at radius 1 is 1.21 bits per heavy atom. The molecule has 0 bridgehead atoms. The molecule has 124 valence electrons. The average Bonchev–Trinajstić information content (AvgIpc) is 2.62. The molecule has 1 aliphatic heterocycles. The number of anilines is 1. The molecule has 24 heavy (non-hydrogen) atoms. The molecule has 3 rings (SSSR count). The maximum absolute atomic E-state index is 12.5. The van der Waals surface area contributed by atoms with Gasteiger partial charge in [0.1, 0.15) is 19.0 Å². The number of carbonyl (C=O) groups excluding carboxylic acids is 1. The van der Waals surface area contributed by atoms with Crippen LogP contribution in [0.3, 0.4) is 0 Å². The van der Waals surface area contributed by atoms with Gasteiger partial charge in [-0.1, -0.05) is 6.08 Å². The number of fused-ring (bicyclic) bond motifs is 1. The summed E-state index contributed by atoms with van der Waals surface area (Å²) in [5.74, 6) is 1.88. The second-order valence-electron chi connectivity index (χ2n) is 5.33. The van der Waals surface area contributed by atoms with E-state index in [0.717, 1.165) is 11.3 Å². The molecule has 1 N–H and O–H groups in total. The van der Waals surface area contributed by atoms with Gasteiger partial charge in [-0.2, -0.15) is 0 Å². The van der Waals surface area contributed by atoms with Crippen molar-refractivity contribution in [2.75, 3.05) is 25.6 Å². The van der Waals surface area contributed by atoms with E-state index in [1.807, 2.05) is 6.07 Å². The lowest BCUT2D eigenvalue weighted by Gasteiger charge is -2.19. The van der Waals surface area contributed by atoms with Gasteiger partial charge < -0.3 is 19.5 Å². The molecule has 0 fully saturated rings. The van der Waals surface area contributed by atoms with Crippen molar-refractivity contribution in [3.05, 3.63) is 60.2 Å². The molecule has 0 atom stereocenters. The zero-order valence-corrected chi connectivity index (χ0v) is 13.5. The van der Waals surface area contributed by atoms with E-state index >= 15 is 0 Å². The number of hydrogen-bond donors (Lipinski definition) is 1. The Morgan fingerprint density at radius 3 is 2.75 bits per heavy atom. The molecule has 5 nitrogen and oxygen atoms in total. The molecule has 0 unspecified atom stereocenters. The van der Waals surface area contributed by atoms with E-state index in [0.29, 0.717) is 42.4 Å². The smallest absolute Gasteiger partial charge is 0.255 e. The highest BCUT2D eigenvalue weighted by atomic mass is 16.6. The summed E-state index contributed by atoms with van der Waals surface area (Å²) in [5, 5.41) is 2.87. The number of ether oxygens (including phenoxy) is 3. The lowest BCUT2D eigenvalue weighted by molar-refractivity contribution is 0.102. The molecule has 0 aliphatic carbocycles. The molecule has 1 amide bonds. The zero-order valence-electron chi connectivity index (χ0n) is 13.5. The summed E-state index contributed by atoms with van der Waals surface area (Å²) in [5.41, 5.74) is 2.13. The van der Waals surface area contributed by atoms with Crippen LogP contribution in [0.4, 0.5) is 5.69 Å². The van der Waals surface area contributed by atoms with Crippen LogP contribution in [0, 0.1) is 0 Å². The normalized spacial score (nSPS) is 12.4. The number of hydrogen-bond acceptors (Lipinski definition) is 4. The van der Waals surface area contributed by atoms with Crippen molar-refractivity contribution in [2.24, 2.45) is 0 Å². The number of rotatable bonds is 5. The van der Waals surface area contributed by atoms with Crippen LogP contribution in [0.2, 0.25) is 0 Å². The number of methoxy groups -OCH3 is 1. The van der Waals surface area contributed by atoms with Gasteiger partial charge in [0.15, 0.2) is 11.5 Å². The van der Waals surface area contributed by atoms with E-state index in [4.69, 9.17) is 14.2 Å². The van der Waals surface area contributed by atoms with Crippen LogP contribution >= 0.6 is 0 Å². The lowest BCUT2D eigenvalue weighted by atomic mass is 10.1. The second-order valence-corrected chi connectivity index (χ2v) is 5.33. The van der Waals surface area contributed by atoms with E-state index < -0.39 is 0 Å². The van der Waals surface area contributed by atoms with Crippen LogP contribution in [0.1, 0.15) is 15.9 Å². The third-order valence-corrected chi connectivity index (χ3v) is 3.71. The molecule has 0 radical (unpaired) electrons. The van der Waals surface area contributed by atoms with Gasteiger partial charge in [-0.3, -0.25) is 4.79 Å². The summed E-state index contributed by atoms with van der Waals surface area (Å²) in [6, 6.07) is 10.7. The summed E-state index contributed by atoms with van der Waals surface area (Å²) in [6.45, 7) is 4.78. The van der Waals surface area contributed by atoms with Crippen molar-refractivity contribution in [1.29, 1.82) is 0 Å². The maximum Gasteiger partial charge on any atom is 0.255 e. The van der Waals surface area contributed by atoms with Gasteiger partial charge in [0, 0.05) is 17.3 Å². The van der Waals surface area contributed by atoms with Crippen molar-refractivity contribution in [3.8, 4) is 17.2 Å². The van der Waals surface area contributed by atoms with Crippen molar-refractivity contribution >= 4 is 11.6 Å². The third kappa shape index (κ3) is 3.35. The van der Waals surface area contributed by atoms with Crippen LogP contribution < -0.4 is 19.5 Å². The molecule has 0 saturated carbocycles. The first-order chi connectivity index (χ1) is 11.7. The minimum atomic E-state index is -0.195. The summed E-state index contributed by atoms with van der Waals surface area (Å²) in [7, 11) is 1.61. The second kappa shape index (κ2) is 7.08. The van der Waals surface area contributed by atoms with Gasteiger partial charge in [0.05, 0.1) is 7.11 Å². The number of nitrogens with one attached hydrogen (secondary N) is 1. The Bertz CT molecular complexity index is 770. The topological polar surface area (TPSA) is 56.8 Å². The van der Waals surface area contributed by atoms with E-state index in [9.17, 15) is 4.79 Å². The Morgan fingerprint density at radius 2 is 2.00 bits per heavy atom. The molecule has 2 aromatic carbocycles. The maximum atomic E-state index is 12.5. The Labute approximate surface area is 140 Å². The summed E-state index contributed by atoms with van der Waals surface area (Å²) in [4.78, 5) is 12.5. The first-order valence-corrected chi connectivity index (χ1v) is 7.70. The van der Waals surface area contributed by atoms with Crippen LogP contribution in [-0.2, 0) is 6.42 Å². The fraction of sp³-hybridized carbons (Fsp3) is 0.211. The molecular weight excluding hydrogens is 306 g/mol. The quantitative estimate of drug-likeness (QED) is 0.856. The SMILES string of the molecule is C=CCc1cc(C(=O)Nc2ccc3c(c2)OCCO3)ccc1OC. The molecule has 0 aromatic heterocycles. The van der Waals surface area contributed by atoms with E-state index in [1.165, 1.54) is 0 Å². The minimum absolute atomic E-state index is 0.195. The predicted octanol–water partition coefficient (Wildman–Crippen LogP) is 3.45. The van der Waals surface area contributed by atoms with Crippen molar-refractivity contribution in [3.63, 3.8) is 0 Å². The van der Waals surface area contributed by atoms with Gasteiger partial charge in [-0.15, -0.1) is 6.58 Å². The average molecular weight is 325 g/mol. The van der Waals surface area contributed by atoms with E-state index in [-0.39, 0.29) is 5.91 Å². The molecule has 1 heterocycles. The Hall–Kier alpha value is -2.95. The van der Waals surface area contributed by atoms with Gasteiger partial charge in [0.2, 0.25) is 0 Å². The first-order valence-electron chi connectivity index (χ1n) is 7.70. The standard InChI is InChI=1S/C19H19NO4/c1-3-4-13-11-14(5-7-16(13)22-2)19(21)20-15-6-8-17-18(12-15)24-10-9-23-17/h3,5-8,11-12H,1,4,9-10H2,2H3,(H,20,21). The fourth-order valence-corrected chi connectivity index (χ4v) is 2.56. The Balaban J connectivity index is 1.79. The third-order valence-electron chi connectivity index (χ3n) is 3.71. The zero-order chi connectivity index (χ0) is 16.9. The number of benzene rings is 2. The van der Waals surface area contributed by atoms with Crippen molar-refractivity contribution in [2.45, 2.75) is 6.42 Å². The highest BCUT2D eigenvalue weighted by Gasteiger charge is 2.14. The fourth-order valence-electron chi connectivity index (χ4n) is 2.56. The molecule has 1 aliphatic rings. The van der Waals surface area contributed by atoms with Gasteiger partial charge in [-0.25, -0.2) is 0 Å². The van der Waals surface area contributed by atoms with Crippen molar-refractivity contribution < 1.29 is 19.0 Å². The summed E-state index contributed by atoms with van der Waals surface area (Å²) >= 11 is 0. The minimum Gasteiger partial charge on any atom is -0.496 e. The molecule has 2 aromatic rings.